The van der Waals surface area contributed by atoms with Gasteiger partial charge in [-0.05, 0) is 43.9 Å². The number of H-pyrrole nitrogens is 1. The van der Waals surface area contributed by atoms with Crippen molar-refractivity contribution in [2.24, 2.45) is 0 Å². The summed E-state index contributed by atoms with van der Waals surface area (Å²) in [4.78, 5) is 27.1. The third-order valence-electron chi connectivity index (χ3n) is 5.48. The molecule has 1 saturated heterocycles. The molecule has 1 aliphatic heterocycles. The van der Waals surface area contributed by atoms with Crippen LogP contribution in [0.5, 0.6) is 0 Å². The van der Waals surface area contributed by atoms with Crippen molar-refractivity contribution in [2.45, 2.75) is 37.8 Å². The summed E-state index contributed by atoms with van der Waals surface area (Å²) < 4.78 is 0. The summed E-state index contributed by atoms with van der Waals surface area (Å²) >= 11 is 0. The Hall–Kier alpha value is -3.13. The van der Waals surface area contributed by atoms with E-state index in [4.69, 9.17) is 0 Å². The molecule has 0 spiro atoms. The van der Waals surface area contributed by atoms with Crippen molar-refractivity contribution >= 4 is 28.4 Å². The lowest BCUT2D eigenvalue weighted by molar-refractivity contribution is -0.122. The summed E-state index contributed by atoms with van der Waals surface area (Å²) in [7, 11) is 0. The smallest absolute Gasteiger partial charge is 0.242 e. The van der Waals surface area contributed by atoms with Gasteiger partial charge in [0.05, 0.1) is 5.39 Å². The number of hydrogen-bond donors (Lipinski definition) is 4. The predicted octanol–water partition coefficient (Wildman–Crippen LogP) is 2.30. The number of fused-ring (bicyclic) bond motifs is 1. The number of aromatic nitrogens is 3. The lowest BCUT2D eigenvalue weighted by atomic mass is 10.0. The molecule has 0 bridgehead atoms. The topological polar surface area (TPSA) is 106 Å². The number of nitrogens with one attached hydrogen (secondary N) is 3. The molecule has 8 nitrogen and oxygen atoms in total. The number of carbonyl (C=O) groups is 1. The molecule has 0 saturated carbocycles. The number of aliphatic hydroxyl groups is 1. The first-order valence-electron chi connectivity index (χ1n) is 10.5. The zero-order valence-corrected chi connectivity index (χ0v) is 16.9. The second kappa shape index (κ2) is 9.58. The zero-order valence-electron chi connectivity index (χ0n) is 16.9. The molecule has 30 heavy (non-hydrogen) atoms. The van der Waals surface area contributed by atoms with E-state index in [1.165, 1.54) is 0 Å². The van der Waals surface area contributed by atoms with Gasteiger partial charge < -0.3 is 25.6 Å². The fourth-order valence-corrected chi connectivity index (χ4v) is 4.00. The average Bonchev–Trinajstić information content (AvgIpc) is 3.26. The van der Waals surface area contributed by atoms with Crippen LogP contribution >= 0.6 is 0 Å². The van der Waals surface area contributed by atoms with Crippen LogP contribution in [0, 0.1) is 0 Å². The van der Waals surface area contributed by atoms with Crippen molar-refractivity contribution in [1.82, 2.24) is 20.3 Å². The Balaban J connectivity index is 1.42. The highest BCUT2D eigenvalue weighted by Crippen LogP contribution is 2.25. The molecular weight excluding hydrogens is 380 g/mol. The Morgan fingerprint density at radius 1 is 1.27 bits per heavy atom. The normalized spacial score (nSPS) is 17.6. The maximum atomic E-state index is 13.0. The van der Waals surface area contributed by atoms with Crippen molar-refractivity contribution in [1.29, 1.82) is 0 Å². The van der Waals surface area contributed by atoms with Crippen LogP contribution in [-0.2, 0) is 4.79 Å². The van der Waals surface area contributed by atoms with E-state index in [-0.39, 0.29) is 24.6 Å². The molecule has 1 unspecified atom stereocenters. The number of nitrogens with zero attached hydrogens (tertiary/aromatic N) is 3. The number of hydrogen-bond acceptors (Lipinski definition) is 6. The van der Waals surface area contributed by atoms with Gasteiger partial charge in [-0.25, -0.2) is 9.97 Å². The third kappa shape index (κ3) is 4.71. The number of aromatic amines is 1. The first kappa shape index (κ1) is 20.2. The van der Waals surface area contributed by atoms with E-state index in [1.54, 1.807) is 6.33 Å². The number of para-hydroxylation sites is 1. The monoisotopic (exact) mass is 408 g/mol. The SMILES string of the molecule is O=C(NC1CCCN(c2ncnc3[nH]ccc23)C1)[C@@H](CCCO)Nc1ccccc1. The van der Waals surface area contributed by atoms with Crippen molar-refractivity contribution in [3.63, 3.8) is 0 Å². The Bertz CT molecular complexity index is 960. The minimum absolute atomic E-state index is 0.0337. The molecule has 0 aliphatic carbocycles. The maximum Gasteiger partial charge on any atom is 0.242 e. The van der Waals surface area contributed by atoms with Gasteiger partial charge in [0.1, 0.15) is 23.8 Å². The molecule has 1 aliphatic rings. The van der Waals surface area contributed by atoms with Gasteiger partial charge in [0.25, 0.3) is 0 Å². The highest BCUT2D eigenvalue weighted by Gasteiger charge is 2.26. The minimum Gasteiger partial charge on any atom is -0.396 e. The van der Waals surface area contributed by atoms with Gasteiger partial charge in [-0.1, -0.05) is 18.2 Å². The largest absolute Gasteiger partial charge is 0.396 e. The van der Waals surface area contributed by atoms with Gasteiger partial charge in [-0.2, -0.15) is 0 Å². The molecule has 2 aromatic heterocycles. The molecule has 1 amide bonds. The van der Waals surface area contributed by atoms with Crippen molar-refractivity contribution in [3.8, 4) is 0 Å². The second-order valence-electron chi connectivity index (χ2n) is 7.66. The molecule has 4 rings (SSSR count). The first-order chi connectivity index (χ1) is 14.7. The van der Waals surface area contributed by atoms with E-state index in [0.29, 0.717) is 19.4 Å². The highest BCUT2D eigenvalue weighted by atomic mass is 16.3. The molecule has 158 valence electrons. The van der Waals surface area contributed by atoms with Gasteiger partial charge in [0, 0.05) is 37.6 Å². The van der Waals surface area contributed by atoms with Crippen LogP contribution in [0.2, 0.25) is 0 Å². The van der Waals surface area contributed by atoms with Gasteiger partial charge >= 0.3 is 0 Å². The summed E-state index contributed by atoms with van der Waals surface area (Å²) in [5.41, 5.74) is 1.72. The fraction of sp³-hybridized carbons (Fsp3) is 0.409. The first-order valence-corrected chi connectivity index (χ1v) is 10.5. The Labute approximate surface area is 175 Å². The Kier molecular flexibility index (Phi) is 6.44. The van der Waals surface area contributed by atoms with Gasteiger partial charge in [0.2, 0.25) is 5.91 Å². The molecule has 1 fully saturated rings. The van der Waals surface area contributed by atoms with Crippen LogP contribution in [0.15, 0.2) is 48.9 Å². The minimum atomic E-state index is -0.384. The summed E-state index contributed by atoms with van der Waals surface area (Å²) in [6, 6.07) is 11.4. The average molecular weight is 409 g/mol. The number of amides is 1. The van der Waals surface area contributed by atoms with E-state index in [0.717, 1.165) is 41.9 Å². The van der Waals surface area contributed by atoms with Crippen LogP contribution in [0.3, 0.4) is 0 Å². The third-order valence-corrected chi connectivity index (χ3v) is 5.48. The number of rotatable bonds is 8. The van der Waals surface area contributed by atoms with E-state index >= 15 is 0 Å². The van der Waals surface area contributed by atoms with E-state index in [9.17, 15) is 9.90 Å². The predicted molar refractivity (Wildman–Crippen MR) is 117 cm³/mol. The lowest BCUT2D eigenvalue weighted by Gasteiger charge is -2.35. The summed E-state index contributed by atoms with van der Waals surface area (Å²) in [6.45, 7) is 1.68. The summed E-state index contributed by atoms with van der Waals surface area (Å²) in [5.74, 6) is 0.869. The van der Waals surface area contributed by atoms with Gasteiger partial charge in [-0.3, -0.25) is 4.79 Å². The van der Waals surface area contributed by atoms with Crippen LogP contribution in [0.4, 0.5) is 11.5 Å². The molecule has 4 N–H and O–H groups in total. The molecule has 1 aromatic carbocycles. The molecule has 0 radical (unpaired) electrons. The Morgan fingerprint density at radius 3 is 2.97 bits per heavy atom. The second-order valence-corrected chi connectivity index (χ2v) is 7.66. The molecule has 2 atom stereocenters. The maximum absolute atomic E-state index is 13.0. The standard InChI is InChI=1S/C22H28N6O2/c29-13-5-9-19(26-16-6-2-1-3-7-16)22(30)27-17-8-4-12-28(14-17)21-18-10-11-23-20(18)24-15-25-21/h1-3,6-7,10-11,15,17,19,26,29H,4-5,8-9,12-14H2,(H,27,30)(H,23,24,25)/t17?,19-/m1/s1. The zero-order chi connectivity index (χ0) is 20.8. The number of piperidine rings is 1. The van der Waals surface area contributed by atoms with Gasteiger partial charge in [-0.15, -0.1) is 0 Å². The quantitative estimate of drug-likeness (QED) is 0.456. The lowest BCUT2D eigenvalue weighted by Crippen LogP contribution is -2.51. The van der Waals surface area contributed by atoms with Crippen LogP contribution in [-0.4, -0.2) is 57.7 Å². The van der Waals surface area contributed by atoms with Crippen LogP contribution in [0.1, 0.15) is 25.7 Å². The molecule has 3 aromatic rings. The molecule has 3 heterocycles. The van der Waals surface area contributed by atoms with Gasteiger partial charge in [0.15, 0.2) is 0 Å². The number of carbonyl (C=O) groups excluding carboxylic acids is 1. The summed E-state index contributed by atoms with van der Waals surface area (Å²) in [5, 5.41) is 16.7. The number of benzene rings is 1. The highest BCUT2D eigenvalue weighted by molar-refractivity contribution is 5.87. The fourth-order valence-electron chi connectivity index (χ4n) is 4.00. The Morgan fingerprint density at radius 2 is 2.13 bits per heavy atom. The number of anilines is 2. The molecule has 8 heteroatoms. The van der Waals surface area contributed by atoms with E-state index in [2.05, 4.69) is 30.5 Å². The van der Waals surface area contributed by atoms with E-state index < -0.39 is 0 Å². The van der Waals surface area contributed by atoms with Crippen LogP contribution in [0.25, 0.3) is 11.0 Å². The van der Waals surface area contributed by atoms with Crippen molar-refractivity contribution in [3.05, 3.63) is 48.9 Å². The van der Waals surface area contributed by atoms with Crippen molar-refractivity contribution < 1.29 is 9.90 Å². The van der Waals surface area contributed by atoms with Crippen molar-refractivity contribution in [2.75, 3.05) is 29.9 Å². The molecular formula is C22H28N6O2. The number of aliphatic hydroxyl groups excluding tert-OH is 1. The van der Waals surface area contributed by atoms with Crippen LogP contribution < -0.4 is 15.5 Å². The summed E-state index contributed by atoms with van der Waals surface area (Å²) in [6.07, 6.45) is 6.50. The van der Waals surface area contributed by atoms with E-state index in [1.807, 2.05) is 42.6 Å².